The van der Waals surface area contributed by atoms with E-state index in [0.29, 0.717) is 17.8 Å². The molecule has 0 unspecified atom stereocenters. The lowest BCUT2D eigenvalue weighted by Crippen LogP contribution is -2.33. The first kappa shape index (κ1) is 14.6. The molecule has 21 heavy (non-hydrogen) atoms. The zero-order valence-corrected chi connectivity index (χ0v) is 13.2. The van der Waals surface area contributed by atoms with Crippen molar-refractivity contribution in [3.63, 3.8) is 0 Å². The molecule has 0 aliphatic heterocycles. The number of thiophene rings is 1. The fraction of sp³-hybridized carbons (Fsp3) is 0.333. The number of hydrogen-bond donors (Lipinski definition) is 1. The Morgan fingerprint density at radius 2 is 2.00 bits per heavy atom. The van der Waals surface area contributed by atoms with E-state index in [4.69, 9.17) is 5.73 Å². The van der Waals surface area contributed by atoms with Gasteiger partial charge >= 0.3 is 0 Å². The van der Waals surface area contributed by atoms with Gasteiger partial charge in [0.05, 0.1) is 5.75 Å². The van der Waals surface area contributed by atoms with Crippen LogP contribution < -0.4 is 5.73 Å². The minimum absolute atomic E-state index is 0.0275. The van der Waals surface area contributed by atoms with Crippen LogP contribution in [0.3, 0.4) is 0 Å². The number of nitrogen functional groups attached to an aromatic ring is 1. The van der Waals surface area contributed by atoms with E-state index in [0.717, 1.165) is 18.4 Å². The molecule has 6 heteroatoms. The van der Waals surface area contributed by atoms with Gasteiger partial charge in [-0.2, -0.15) is 15.6 Å². The first-order chi connectivity index (χ1) is 10.1. The molecule has 0 radical (unpaired) electrons. The molecular formula is C15H18N2O2S2. The minimum Gasteiger partial charge on any atom is -0.398 e. The fourth-order valence-corrected chi connectivity index (χ4v) is 4.82. The van der Waals surface area contributed by atoms with Gasteiger partial charge in [0.15, 0.2) is 0 Å². The average Bonchev–Trinajstić information content (AvgIpc) is 3.14. The molecule has 0 saturated heterocycles. The lowest BCUT2D eigenvalue weighted by Gasteiger charge is -2.22. The molecule has 4 nitrogen and oxygen atoms in total. The van der Waals surface area contributed by atoms with E-state index < -0.39 is 10.0 Å². The predicted molar refractivity (Wildman–Crippen MR) is 86.4 cm³/mol. The number of para-hydroxylation sites is 1. The Balaban J connectivity index is 1.82. The van der Waals surface area contributed by atoms with E-state index in [9.17, 15) is 8.42 Å². The average molecular weight is 322 g/mol. The lowest BCUT2D eigenvalue weighted by molar-refractivity contribution is 0.398. The highest BCUT2D eigenvalue weighted by Crippen LogP contribution is 2.32. The zero-order valence-electron chi connectivity index (χ0n) is 11.6. The minimum atomic E-state index is -3.35. The quantitative estimate of drug-likeness (QED) is 0.832. The third kappa shape index (κ3) is 3.45. The molecule has 1 aliphatic carbocycles. The smallest absolute Gasteiger partial charge is 0.218 e. The molecule has 0 bridgehead atoms. The molecule has 1 aromatic heterocycles. The summed E-state index contributed by atoms with van der Waals surface area (Å²) >= 11 is 1.59. The zero-order chi connectivity index (χ0) is 14.9. The number of nitrogens with two attached hydrogens (primary N) is 1. The van der Waals surface area contributed by atoms with E-state index in [2.05, 4.69) is 0 Å². The van der Waals surface area contributed by atoms with Gasteiger partial charge in [0.2, 0.25) is 10.0 Å². The van der Waals surface area contributed by atoms with Crippen LogP contribution in [0, 0.1) is 0 Å². The molecule has 1 heterocycles. The molecule has 2 aromatic rings. The summed E-state index contributed by atoms with van der Waals surface area (Å²) < 4.78 is 27.1. The Labute approximate surface area is 129 Å². The van der Waals surface area contributed by atoms with Gasteiger partial charge in [-0.3, -0.25) is 0 Å². The molecule has 0 spiro atoms. The number of nitrogens with zero attached hydrogens (tertiary/aromatic N) is 1. The largest absolute Gasteiger partial charge is 0.398 e. The summed E-state index contributed by atoms with van der Waals surface area (Å²) in [5, 5.41) is 3.98. The van der Waals surface area contributed by atoms with Gasteiger partial charge in [-0.15, -0.1) is 0 Å². The summed E-state index contributed by atoms with van der Waals surface area (Å²) in [4.78, 5) is 0. The van der Waals surface area contributed by atoms with Gasteiger partial charge in [0, 0.05) is 18.3 Å². The normalized spacial score (nSPS) is 15.5. The van der Waals surface area contributed by atoms with Crippen molar-refractivity contribution in [1.82, 2.24) is 4.31 Å². The maximum Gasteiger partial charge on any atom is 0.218 e. The molecule has 1 aromatic carbocycles. The number of rotatable bonds is 6. The van der Waals surface area contributed by atoms with Crippen LogP contribution in [0.1, 0.15) is 24.0 Å². The van der Waals surface area contributed by atoms with E-state index in [1.54, 1.807) is 27.8 Å². The molecule has 1 aliphatic rings. The van der Waals surface area contributed by atoms with Gasteiger partial charge < -0.3 is 5.73 Å². The maximum atomic E-state index is 12.7. The highest BCUT2D eigenvalue weighted by molar-refractivity contribution is 7.88. The van der Waals surface area contributed by atoms with Crippen LogP contribution >= 0.6 is 11.3 Å². The third-order valence-corrected chi connectivity index (χ3v) is 6.17. The third-order valence-electron chi connectivity index (χ3n) is 3.62. The molecular weight excluding hydrogens is 304 g/mol. The Bertz CT molecular complexity index is 707. The van der Waals surface area contributed by atoms with Crippen LogP contribution in [-0.2, 0) is 22.3 Å². The second-order valence-corrected chi connectivity index (χ2v) is 8.06. The topological polar surface area (TPSA) is 63.4 Å². The van der Waals surface area contributed by atoms with Crippen LogP contribution in [0.4, 0.5) is 5.69 Å². The Hall–Kier alpha value is -1.37. The summed E-state index contributed by atoms with van der Waals surface area (Å²) in [5.74, 6) is -0.0275. The molecule has 1 fully saturated rings. The summed E-state index contributed by atoms with van der Waals surface area (Å²) in [6, 6.07) is 9.29. The SMILES string of the molecule is Nc1ccccc1CS(=O)(=O)N(Cc1ccsc1)C1CC1. The number of anilines is 1. The lowest BCUT2D eigenvalue weighted by atomic mass is 10.2. The fourth-order valence-electron chi connectivity index (χ4n) is 2.32. The Morgan fingerprint density at radius 3 is 2.62 bits per heavy atom. The predicted octanol–water partition coefficient (Wildman–Crippen LogP) is 2.82. The van der Waals surface area contributed by atoms with Gasteiger partial charge in [-0.05, 0) is 46.9 Å². The Morgan fingerprint density at radius 1 is 1.24 bits per heavy atom. The van der Waals surface area contributed by atoms with Crippen molar-refractivity contribution >= 4 is 27.0 Å². The van der Waals surface area contributed by atoms with Gasteiger partial charge in [-0.1, -0.05) is 18.2 Å². The van der Waals surface area contributed by atoms with Gasteiger partial charge in [0.1, 0.15) is 0 Å². The molecule has 0 amide bonds. The standard InChI is InChI=1S/C15H18N2O2S2/c16-15-4-2-1-3-13(15)11-21(18,19)17(14-5-6-14)9-12-7-8-20-10-12/h1-4,7-8,10,14H,5-6,9,11,16H2. The van der Waals surface area contributed by atoms with Crippen molar-refractivity contribution in [2.24, 2.45) is 0 Å². The monoisotopic (exact) mass is 322 g/mol. The van der Waals surface area contributed by atoms with Crippen molar-refractivity contribution in [3.8, 4) is 0 Å². The number of hydrogen-bond acceptors (Lipinski definition) is 4. The van der Waals surface area contributed by atoms with E-state index in [-0.39, 0.29) is 11.8 Å². The van der Waals surface area contributed by atoms with E-state index in [1.165, 1.54) is 0 Å². The molecule has 1 saturated carbocycles. The molecule has 2 N–H and O–H groups in total. The first-order valence-electron chi connectivity index (χ1n) is 6.90. The van der Waals surface area contributed by atoms with Crippen molar-refractivity contribution in [1.29, 1.82) is 0 Å². The summed E-state index contributed by atoms with van der Waals surface area (Å²) in [6.45, 7) is 0.462. The van der Waals surface area contributed by atoms with Crippen molar-refractivity contribution < 1.29 is 8.42 Å². The van der Waals surface area contributed by atoms with Crippen molar-refractivity contribution in [2.75, 3.05) is 5.73 Å². The van der Waals surface area contributed by atoms with Crippen LogP contribution in [0.15, 0.2) is 41.1 Å². The van der Waals surface area contributed by atoms with Crippen LogP contribution in [-0.4, -0.2) is 18.8 Å². The number of sulfonamides is 1. The molecule has 0 atom stereocenters. The van der Waals surface area contributed by atoms with E-state index >= 15 is 0 Å². The second kappa shape index (κ2) is 5.79. The van der Waals surface area contributed by atoms with E-state index in [1.807, 2.05) is 29.0 Å². The van der Waals surface area contributed by atoms with Crippen molar-refractivity contribution in [3.05, 3.63) is 52.2 Å². The molecule has 3 rings (SSSR count). The summed E-state index contributed by atoms with van der Waals surface area (Å²) in [7, 11) is -3.35. The van der Waals surface area contributed by atoms with Crippen molar-refractivity contribution in [2.45, 2.75) is 31.2 Å². The van der Waals surface area contributed by atoms with Crippen LogP contribution in [0.2, 0.25) is 0 Å². The second-order valence-electron chi connectivity index (χ2n) is 5.36. The van der Waals surface area contributed by atoms with Gasteiger partial charge in [-0.25, -0.2) is 8.42 Å². The molecule has 112 valence electrons. The number of benzene rings is 1. The Kier molecular flexibility index (Phi) is 4.01. The maximum absolute atomic E-state index is 12.7. The van der Waals surface area contributed by atoms with Gasteiger partial charge in [0.25, 0.3) is 0 Å². The summed E-state index contributed by atoms with van der Waals surface area (Å²) in [6.07, 6.45) is 1.90. The highest BCUT2D eigenvalue weighted by atomic mass is 32.2. The first-order valence-corrected chi connectivity index (χ1v) is 9.45. The van der Waals surface area contributed by atoms with Crippen LogP contribution in [0.5, 0.6) is 0 Å². The summed E-state index contributed by atoms with van der Waals surface area (Å²) in [5.41, 5.74) is 8.14. The highest BCUT2D eigenvalue weighted by Gasteiger charge is 2.37. The van der Waals surface area contributed by atoms with Crippen LogP contribution in [0.25, 0.3) is 0 Å².